The molecule has 0 aliphatic rings. The zero-order valence-corrected chi connectivity index (χ0v) is 14.9. The number of nitrogens with one attached hydrogen (secondary N) is 1. The first kappa shape index (κ1) is 20.6. The van der Waals surface area contributed by atoms with Crippen molar-refractivity contribution >= 4 is 11.6 Å². The van der Waals surface area contributed by atoms with Gasteiger partial charge in [-0.2, -0.15) is 13.2 Å². The van der Waals surface area contributed by atoms with E-state index in [1.54, 1.807) is 38.3 Å². The van der Waals surface area contributed by atoms with Crippen LogP contribution in [0.2, 0.25) is 0 Å². The van der Waals surface area contributed by atoms with E-state index in [9.17, 15) is 18.0 Å². The van der Waals surface area contributed by atoms with E-state index in [-0.39, 0.29) is 18.0 Å². The number of hydrogen-bond acceptors (Lipinski definition) is 4. The monoisotopic (exact) mass is 383 g/mol. The Morgan fingerprint density at radius 1 is 1.15 bits per heavy atom. The Morgan fingerprint density at radius 2 is 1.89 bits per heavy atom. The molecule has 1 atom stereocenters. The van der Waals surface area contributed by atoms with E-state index < -0.39 is 24.8 Å². The molecule has 2 aromatic carbocycles. The highest BCUT2D eigenvalue weighted by molar-refractivity contribution is 5.95. The second-order valence-electron chi connectivity index (χ2n) is 5.69. The SMILES string of the molecule is COc1cccc(COC(C)C(=O)Nc2ccccc2OCC(F)(F)F)c1. The average molecular weight is 383 g/mol. The summed E-state index contributed by atoms with van der Waals surface area (Å²) in [6.07, 6.45) is -5.29. The van der Waals surface area contributed by atoms with E-state index in [4.69, 9.17) is 14.2 Å². The maximum absolute atomic E-state index is 12.3. The van der Waals surface area contributed by atoms with E-state index in [0.29, 0.717) is 5.75 Å². The Bertz CT molecular complexity index is 765. The average Bonchev–Trinajstić information content (AvgIpc) is 2.64. The van der Waals surface area contributed by atoms with Gasteiger partial charge in [0.25, 0.3) is 5.91 Å². The standard InChI is InChI=1S/C19H20F3NO4/c1-13(26-11-14-6-5-7-15(10-14)25-2)18(24)23-16-8-3-4-9-17(16)27-12-19(20,21)22/h3-10,13H,11-12H2,1-2H3,(H,23,24). The first-order valence-electron chi connectivity index (χ1n) is 8.12. The molecule has 146 valence electrons. The van der Waals surface area contributed by atoms with Crippen LogP contribution in [0, 0.1) is 0 Å². The van der Waals surface area contributed by atoms with E-state index >= 15 is 0 Å². The molecule has 0 saturated heterocycles. The summed E-state index contributed by atoms with van der Waals surface area (Å²) in [5.41, 5.74) is 0.964. The minimum Gasteiger partial charge on any atom is -0.497 e. The molecule has 0 bridgehead atoms. The summed E-state index contributed by atoms with van der Waals surface area (Å²) in [6, 6.07) is 13.1. The molecular weight excluding hydrogens is 363 g/mol. The highest BCUT2D eigenvalue weighted by Gasteiger charge is 2.29. The number of carbonyl (C=O) groups is 1. The van der Waals surface area contributed by atoms with Crippen molar-refractivity contribution in [3.05, 3.63) is 54.1 Å². The number of alkyl halides is 3. The lowest BCUT2D eigenvalue weighted by Gasteiger charge is -2.16. The third kappa shape index (κ3) is 6.82. The van der Waals surface area contributed by atoms with Gasteiger partial charge in [0, 0.05) is 0 Å². The summed E-state index contributed by atoms with van der Waals surface area (Å²) < 4.78 is 52.4. The second-order valence-corrected chi connectivity index (χ2v) is 5.69. The van der Waals surface area contributed by atoms with Crippen LogP contribution >= 0.6 is 0 Å². The number of rotatable bonds is 8. The molecule has 1 amide bonds. The number of para-hydroxylation sites is 2. The number of halogens is 3. The van der Waals surface area contributed by atoms with Gasteiger partial charge in [-0.15, -0.1) is 0 Å². The Balaban J connectivity index is 1.94. The fourth-order valence-corrected chi connectivity index (χ4v) is 2.15. The van der Waals surface area contributed by atoms with Crippen LogP contribution in [0.25, 0.3) is 0 Å². The predicted octanol–water partition coefficient (Wildman–Crippen LogP) is 4.18. The van der Waals surface area contributed by atoms with Crippen molar-refractivity contribution in [3.8, 4) is 11.5 Å². The Hall–Kier alpha value is -2.74. The normalized spacial score (nSPS) is 12.3. The summed E-state index contributed by atoms with van der Waals surface area (Å²) in [7, 11) is 1.55. The second kappa shape index (κ2) is 9.27. The molecule has 0 aliphatic heterocycles. The molecule has 0 saturated carbocycles. The zero-order valence-electron chi connectivity index (χ0n) is 14.9. The summed E-state index contributed by atoms with van der Waals surface area (Å²) in [6.45, 7) is 0.286. The van der Waals surface area contributed by atoms with Crippen molar-refractivity contribution in [2.45, 2.75) is 25.8 Å². The van der Waals surface area contributed by atoms with Crippen LogP contribution in [-0.2, 0) is 16.1 Å². The van der Waals surface area contributed by atoms with Crippen molar-refractivity contribution < 1.29 is 32.2 Å². The number of anilines is 1. The van der Waals surface area contributed by atoms with Gasteiger partial charge >= 0.3 is 6.18 Å². The number of ether oxygens (including phenoxy) is 3. The third-order valence-corrected chi connectivity index (χ3v) is 3.54. The topological polar surface area (TPSA) is 56.8 Å². The van der Waals surface area contributed by atoms with Gasteiger partial charge < -0.3 is 19.5 Å². The maximum atomic E-state index is 12.3. The lowest BCUT2D eigenvalue weighted by molar-refractivity contribution is -0.153. The fourth-order valence-electron chi connectivity index (χ4n) is 2.15. The van der Waals surface area contributed by atoms with Gasteiger partial charge in [0.1, 0.15) is 17.6 Å². The zero-order chi connectivity index (χ0) is 19.9. The van der Waals surface area contributed by atoms with Crippen molar-refractivity contribution in [2.24, 2.45) is 0 Å². The number of carbonyl (C=O) groups excluding carboxylic acids is 1. The van der Waals surface area contributed by atoms with Crippen LogP contribution in [0.3, 0.4) is 0 Å². The van der Waals surface area contributed by atoms with Crippen LogP contribution in [-0.4, -0.2) is 31.9 Å². The summed E-state index contributed by atoms with van der Waals surface area (Å²) >= 11 is 0. The molecule has 0 fully saturated rings. The van der Waals surface area contributed by atoms with Crippen molar-refractivity contribution in [1.82, 2.24) is 0 Å². The van der Waals surface area contributed by atoms with Crippen LogP contribution in [0.5, 0.6) is 11.5 Å². The van der Waals surface area contributed by atoms with E-state index in [0.717, 1.165) is 5.56 Å². The van der Waals surface area contributed by atoms with Gasteiger partial charge in [0.05, 0.1) is 19.4 Å². The highest BCUT2D eigenvalue weighted by Crippen LogP contribution is 2.26. The number of hydrogen-bond donors (Lipinski definition) is 1. The highest BCUT2D eigenvalue weighted by atomic mass is 19.4. The number of methoxy groups -OCH3 is 1. The molecule has 0 aromatic heterocycles. The third-order valence-electron chi connectivity index (χ3n) is 3.54. The lowest BCUT2D eigenvalue weighted by atomic mass is 10.2. The van der Waals surface area contributed by atoms with Gasteiger partial charge in [0.15, 0.2) is 6.61 Å². The van der Waals surface area contributed by atoms with E-state index in [1.807, 2.05) is 6.07 Å². The fraction of sp³-hybridized carbons (Fsp3) is 0.316. The molecule has 8 heteroatoms. The van der Waals surface area contributed by atoms with Crippen LogP contribution in [0.15, 0.2) is 48.5 Å². The molecule has 1 N–H and O–H groups in total. The van der Waals surface area contributed by atoms with Gasteiger partial charge in [-0.05, 0) is 36.8 Å². The summed E-state index contributed by atoms with van der Waals surface area (Å²) in [5.74, 6) is 0.105. The minimum absolute atomic E-state index is 0.0665. The first-order valence-corrected chi connectivity index (χ1v) is 8.12. The smallest absolute Gasteiger partial charge is 0.422 e. The van der Waals surface area contributed by atoms with E-state index in [1.165, 1.54) is 18.2 Å². The molecular formula is C19H20F3NO4. The van der Waals surface area contributed by atoms with Crippen LogP contribution in [0.1, 0.15) is 12.5 Å². The number of amides is 1. The van der Waals surface area contributed by atoms with Crippen molar-refractivity contribution in [2.75, 3.05) is 19.0 Å². The molecule has 0 spiro atoms. The molecule has 0 aliphatic carbocycles. The Morgan fingerprint density at radius 3 is 2.59 bits per heavy atom. The molecule has 1 unspecified atom stereocenters. The lowest BCUT2D eigenvalue weighted by Crippen LogP contribution is -2.28. The number of benzene rings is 2. The maximum Gasteiger partial charge on any atom is 0.422 e. The molecule has 2 aromatic rings. The van der Waals surface area contributed by atoms with Gasteiger partial charge in [-0.25, -0.2) is 0 Å². The summed E-state index contributed by atoms with van der Waals surface area (Å²) in [5, 5.41) is 2.52. The van der Waals surface area contributed by atoms with Gasteiger partial charge in [0.2, 0.25) is 0 Å². The summed E-state index contributed by atoms with van der Waals surface area (Å²) in [4.78, 5) is 12.3. The molecule has 0 heterocycles. The minimum atomic E-state index is -4.47. The van der Waals surface area contributed by atoms with Gasteiger partial charge in [-0.1, -0.05) is 24.3 Å². The van der Waals surface area contributed by atoms with Crippen molar-refractivity contribution in [1.29, 1.82) is 0 Å². The van der Waals surface area contributed by atoms with Crippen molar-refractivity contribution in [3.63, 3.8) is 0 Å². The Labute approximate surface area is 155 Å². The van der Waals surface area contributed by atoms with Crippen LogP contribution < -0.4 is 14.8 Å². The first-order chi connectivity index (χ1) is 12.8. The van der Waals surface area contributed by atoms with Crippen LogP contribution in [0.4, 0.5) is 18.9 Å². The van der Waals surface area contributed by atoms with Gasteiger partial charge in [-0.3, -0.25) is 4.79 Å². The molecule has 5 nitrogen and oxygen atoms in total. The Kier molecular flexibility index (Phi) is 7.06. The molecule has 27 heavy (non-hydrogen) atoms. The molecule has 2 rings (SSSR count). The predicted molar refractivity (Wildman–Crippen MR) is 93.9 cm³/mol. The largest absolute Gasteiger partial charge is 0.497 e. The van der Waals surface area contributed by atoms with E-state index in [2.05, 4.69) is 5.32 Å². The molecule has 0 radical (unpaired) electrons. The quantitative estimate of drug-likeness (QED) is 0.743.